The Hall–Kier alpha value is 0.200. The van der Waals surface area contributed by atoms with E-state index in [9.17, 15) is 0 Å². The van der Waals surface area contributed by atoms with Gasteiger partial charge >= 0.3 is 0 Å². The first-order chi connectivity index (χ1) is 9.17. The number of hydrogen-bond donors (Lipinski definition) is 1. The van der Waals surface area contributed by atoms with E-state index in [2.05, 4.69) is 54.0 Å². The van der Waals surface area contributed by atoms with E-state index in [0.717, 1.165) is 16.9 Å². The summed E-state index contributed by atoms with van der Waals surface area (Å²) in [4.78, 5) is 0. The van der Waals surface area contributed by atoms with Crippen LogP contribution in [0.2, 0.25) is 5.02 Å². The molecule has 0 heterocycles. The minimum absolute atomic E-state index is 0.441. The Balaban J connectivity index is 2.29. The third-order valence-corrected chi connectivity index (χ3v) is 5.74. The monoisotopic (exact) mass is 391 g/mol. The summed E-state index contributed by atoms with van der Waals surface area (Å²) in [5.74, 6) is 1.59. The van der Waals surface area contributed by atoms with Gasteiger partial charge in [0, 0.05) is 14.6 Å². The highest BCUT2D eigenvalue weighted by atomic mass is 127. The Kier molecular flexibility index (Phi) is 5.97. The van der Waals surface area contributed by atoms with E-state index in [-0.39, 0.29) is 0 Å². The highest BCUT2D eigenvalue weighted by molar-refractivity contribution is 14.1. The molecule has 2 rings (SSSR count). The minimum atomic E-state index is 0.441. The van der Waals surface area contributed by atoms with Gasteiger partial charge in [-0.2, -0.15) is 0 Å². The lowest BCUT2D eigenvalue weighted by Crippen LogP contribution is -2.33. The number of halogens is 2. The van der Waals surface area contributed by atoms with E-state index in [1.807, 2.05) is 6.07 Å². The molecule has 1 fully saturated rings. The van der Waals surface area contributed by atoms with Crippen LogP contribution < -0.4 is 5.32 Å². The van der Waals surface area contributed by atoms with Gasteiger partial charge in [0.2, 0.25) is 0 Å². The van der Waals surface area contributed by atoms with Gasteiger partial charge in [0.1, 0.15) is 0 Å². The van der Waals surface area contributed by atoms with E-state index in [1.165, 1.54) is 41.2 Å². The summed E-state index contributed by atoms with van der Waals surface area (Å²) in [5.41, 5.74) is 1.38. The van der Waals surface area contributed by atoms with E-state index in [0.29, 0.717) is 6.04 Å². The minimum Gasteiger partial charge on any atom is -0.313 e. The molecule has 3 heteroatoms. The van der Waals surface area contributed by atoms with Gasteiger partial charge in [-0.1, -0.05) is 44.2 Å². The molecule has 3 unspecified atom stereocenters. The van der Waals surface area contributed by atoms with Crippen LogP contribution in [0.15, 0.2) is 18.2 Å². The van der Waals surface area contributed by atoms with Crippen LogP contribution >= 0.6 is 34.2 Å². The summed E-state index contributed by atoms with van der Waals surface area (Å²) in [6.45, 7) is 2.33. The van der Waals surface area contributed by atoms with Gasteiger partial charge in [-0.05, 0) is 71.7 Å². The van der Waals surface area contributed by atoms with Crippen molar-refractivity contribution >= 4 is 34.2 Å². The Labute approximate surface area is 135 Å². The second kappa shape index (κ2) is 7.28. The maximum Gasteiger partial charge on any atom is 0.0410 e. The van der Waals surface area contributed by atoms with Crippen LogP contribution in [0.1, 0.15) is 50.6 Å². The zero-order chi connectivity index (χ0) is 13.8. The average Bonchev–Trinajstić information content (AvgIpc) is 2.44. The second-order valence-electron chi connectivity index (χ2n) is 5.55. The molecule has 0 bridgehead atoms. The van der Waals surface area contributed by atoms with E-state index in [1.54, 1.807) is 0 Å². The van der Waals surface area contributed by atoms with Crippen molar-refractivity contribution in [2.45, 2.75) is 45.1 Å². The second-order valence-corrected chi connectivity index (χ2v) is 7.15. The molecule has 1 aliphatic carbocycles. The van der Waals surface area contributed by atoms with Crippen molar-refractivity contribution in [1.29, 1.82) is 0 Å². The lowest BCUT2D eigenvalue weighted by atomic mass is 9.72. The fourth-order valence-electron chi connectivity index (χ4n) is 3.54. The highest BCUT2D eigenvalue weighted by Crippen LogP contribution is 2.41. The molecule has 1 aliphatic rings. The smallest absolute Gasteiger partial charge is 0.0410 e. The van der Waals surface area contributed by atoms with Gasteiger partial charge in [-0.25, -0.2) is 0 Å². The third-order valence-electron chi connectivity index (χ3n) is 4.52. The standard InChI is InChI=1S/C16H23ClIN/c1-3-11-6-4-5-7-13(11)16(19-2)14-10-12(17)8-9-15(14)18/h8-11,13,16,19H,3-7H2,1-2H3. The Bertz CT molecular complexity index is 421. The topological polar surface area (TPSA) is 12.0 Å². The van der Waals surface area contributed by atoms with Gasteiger partial charge in [-0.3, -0.25) is 0 Å². The number of benzene rings is 1. The summed E-state index contributed by atoms with van der Waals surface area (Å²) < 4.78 is 1.32. The summed E-state index contributed by atoms with van der Waals surface area (Å²) in [5, 5.41) is 4.40. The van der Waals surface area contributed by atoms with Crippen LogP contribution in [0.4, 0.5) is 0 Å². The largest absolute Gasteiger partial charge is 0.313 e. The first kappa shape index (κ1) is 15.6. The molecule has 19 heavy (non-hydrogen) atoms. The van der Waals surface area contributed by atoms with Crippen molar-refractivity contribution in [3.63, 3.8) is 0 Å². The van der Waals surface area contributed by atoms with E-state index >= 15 is 0 Å². The van der Waals surface area contributed by atoms with Crippen molar-refractivity contribution in [3.8, 4) is 0 Å². The number of hydrogen-bond acceptors (Lipinski definition) is 1. The van der Waals surface area contributed by atoms with Crippen LogP contribution in [0, 0.1) is 15.4 Å². The molecule has 0 radical (unpaired) electrons. The fraction of sp³-hybridized carbons (Fsp3) is 0.625. The molecule has 0 saturated heterocycles. The third kappa shape index (κ3) is 3.64. The van der Waals surface area contributed by atoms with Crippen LogP contribution in [0.25, 0.3) is 0 Å². The first-order valence-electron chi connectivity index (χ1n) is 7.29. The predicted octanol–water partition coefficient (Wildman–Crippen LogP) is 5.42. The Morgan fingerprint density at radius 2 is 2.11 bits per heavy atom. The molecule has 1 aromatic carbocycles. The fourth-order valence-corrected chi connectivity index (χ4v) is 4.39. The molecule has 1 nitrogen and oxygen atoms in total. The average molecular weight is 392 g/mol. The molecule has 0 aliphatic heterocycles. The zero-order valence-corrected chi connectivity index (χ0v) is 14.7. The summed E-state index contributed by atoms with van der Waals surface area (Å²) in [6, 6.07) is 6.70. The molecule has 3 atom stereocenters. The Morgan fingerprint density at radius 3 is 2.79 bits per heavy atom. The molecule has 106 valence electrons. The van der Waals surface area contributed by atoms with E-state index < -0.39 is 0 Å². The summed E-state index contributed by atoms with van der Waals surface area (Å²) in [7, 11) is 2.09. The molecule has 0 spiro atoms. The Morgan fingerprint density at radius 1 is 1.37 bits per heavy atom. The molecular formula is C16H23ClIN. The van der Waals surface area contributed by atoms with Crippen LogP contribution in [0.5, 0.6) is 0 Å². The van der Waals surface area contributed by atoms with Crippen molar-refractivity contribution in [3.05, 3.63) is 32.4 Å². The lowest BCUT2D eigenvalue weighted by Gasteiger charge is -2.37. The van der Waals surface area contributed by atoms with Crippen molar-refractivity contribution in [2.75, 3.05) is 7.05 Å². The van der Waals surface area contributed by atoms with Crippen molar-refractivity contribution < 1.29 is 0 Å². The molecule has 0 amide bonds. The number of rotatable bonds is 4. The van der Waals surface area contributed by atoms with Crippen molar-refractivity contribution in [2.24, 2.45) is 11.8 Å². The zero-order valence-electron chi connectivity index (χ0n) is 11.8. The van der Waals surface area contributed by atoms with Crippen molar-refractivity contribution in [1.82, 2.24) is 5.32 Å². The molecular weight excluding hydrogens is 369 g/mol. The summed E-state index contributed by atoms with van der Waals surface area (Å²) >= 11 is 8.63. The van der Waals surface area contributed by atoms with Gasteiger partial charge in [0.25, 0.3) is 0 Å². The highest BCUT2D eigenvalue weighted by Gasteiger charge is 2.31. The maximum atomic E-state index is 6.20. The van der Waals surface area contributed by atoms with Gasteiger partial charge in [0.15, 0.2) is 0 Å². The lowest BCUT2D eigenvalue weighted by molar-refractivity contribution is 0.180. The molecule has 1 aromatic rings. The molecule has 1 saturated carbocycles. The van der Waals surface area contributed by atoms with Gasteiger partial charge in [0.05, 0.1) is 0 Å². The van der Waals surface area contributed by atoms with Crippen LogP contribution in [-0.4, -0.2) is 7.05 Å². The quantitative estimate of drug-likeness (QED) is 0.676. The van der Waals surface area contributed by atoms with Gasteiger partial charge < -0.3 is 5.32 Å². The SMILES string of the molecule is CCC1CCCCC1C(NC)c1cc(Cl)ccc1I. The number of nitrogens with one attached hydrogen (secondary N) is 1. The summed E-state index contributed by atoms with van der Waals surface area (Å²) in [6.07, 6.45) is 6.79. The van der Waals surface area contributed by atoms with Crippen LogP contribution in [0.3, 0.4) is 0 Å². The normalized spacial score (nSPS) is 25.3. The first-order valence-corrected chi connectivity index (χ1v) is 8.75. The molecule has 0 aromatic heterocycles. The molecule has 1 N–H and O–H groups in total. The van der Waals surface area contributed by atoms with Crippen LogP contribution in [-0.2, 0) is 0 Å². The van der Waals surface area contributed by atoms with E-state index in [4.69, 9.17) is 11.6 Å². The predicted molar refractivity (Wildman–Crippen MR) is 91.7 cm³/mol. The van der Waals surface area contributed by atoms with Gasteiger partial charge in [-0.15, -0.1) is 0 Å². The maximum absolute atomic E-state index is 6.20.